The van der Waals surface area contributed by atoms with Crippen molar-refractivity contribution in [2.75, 3.05) is 29.0 Å². The molecule has 0 saturated carbocycles. The maximum Gasteiger partial charge on any atom is 0.573 e. The first-order valence-corrected chi connectivity index (χ1v) is 10.6. The summed E-state index contributed by atoms with van der Waals surface area (Å²) in [5.74, 6) is -1.43. The molecule has 4 heterocycles. The summed E-state index contributed by atoms with van der Waals surface area (Å²) in [5, 5.41) is 11.9. The quantitative estimate of drug-likeness (QED) is 0.474. The highest BCUT2D eigenvalue weighted by atomic mass is 19.4. The van der Waals surface area contributed by atoms with Crippen molar-refractivity contribution in [3.8, 4) is 23.2 Å². The zero-order chi connectivity index (χ0) is 25.9. The van der Waals surface area contributed by atoms with E-state index in [4.69, 9.17) is 11.5 Å². The molecule has 3 aromatic rings. The van der Waals surface area contributed by atoms with Crippen molar-refractivity contribution in [3.05, 3.63) is 48.5 Å². The minimum atomic E-state index is -4.96. The van der Waals surface area contributed by atoms with Crippen LogP contribution < -0.4 is 26.4 Å². The van der Waals surface area contributed by atoms with E-state index in [9.17, 15) is 23.2 Å². The number of piperidine rings is 1. The monoisotopic (exact) mass is 499 g/mol. The van der Waals surface area contributed by atoms with Crippen molar-refractivity contribution in [3.63, 3.8) is 0 Å². The van der Waals surface area contributed by atoms with E-state index < -0.39 is 23.6 Å². The molecule has 5 N–H and O–H groups in total. The van der Waals surface area contributed by atoms with E-state index in [1.54, 1.807) is 12.1 Å². The highest BCUT2D eigenvalue weighted by molar-refractivity contribution is 6.06. The molecule has 1 aliphatic rings. The Kier molecular flexibility index (Phi) is 6.58. The van der Waals surface area contributed by atoms with Crippen molar-refractivity contribution in [1.82, 2.24) is 19.9 Å². The van der Waals surface area contributed by atoms with Crippen LogP contribution in [0.1, 0.15) is 23.3 Å². The van der Waals surface area contributed by atoms with Crippen LogP contribution >= 0.6 is 0 Å². The van der Waals surface area contributed by atoms with Crippen LogP contribution in [0.15, 0.2) is 42.9 Å². The van der Waals surface area contributed by atoms with Crippen molar-refractivity contribution >= 4 is 23.2 Å². The molecule has 1 saturated heterocycles. The lowest BCUT2D eigenvalue weighted by Gasteiger charge is -2.36. The van der Waals surface area contributed by atoms with Gasteiger partial charge in [0.1, 0.15) is 16.9 Å². The number of pyridine rings is 2. The lowest BCUT2D eigenvalue weighted by molar-refractivity contribution is -0.274. The fourth-order valence-corrected chi connectivity index (χ4v) is 3.64. The van der Waals surface area contributed by atoms with Crippen LogP contribution in [-0.4, -0.2) is 50.8 Å². The number of alkyl halides is 3. The Morgan fingerprint density at radius 1 is 1.17 bits per heavy atom. The van der Waals surface area contributed by atoms with Gasteiger partial charge in [-0.1, -0.05) is 0 Å². The number of nitrogens with one attached hydrogen (secondary N) is 1. The Balaban J connectivity index is 1.60. The number of carbonyl (C=O) groups excluding carboxylic acids is 1. The predicted octanol–water partition coefficient (Wildman–Crippen LogP) is 2.49. The van der Waals surface area contributed by atoms with Gasteiger partial charge in [-0.3, -0.25) is 9.78 Å². The summed E-state index contributed by atoms with van der Waals surface area (Å²) in [5.41, 5.74) is 10.8. The Morgan fingerprint density at radius 3 is 2.56 bits per heavy atom. The van der Waals surface area contributed by atoms with Crippen molar-refractivity contribution in [1.29, 1.82) is 5.26 Å². The standard InChI is InChI=1S/C22H20F3N9O2/c23-22(24,25)36-15-4-2-7-29-16(15)13-11-31-18(27)17(32-13)20(35)33-19-14(3-1-8-30-19)34-9-5-21(28,12-26)6-10-34/h1-4,7-8,11H,5-6,9-10,28H2,(H2,27,31)(H,30,33,35). The number of nitrogen functional groups attached to an aromatic ring is 1. The van der Waals surface area contributed by atoms with Gasteiger partial charge >= 0.3 is 6.36 Å². The van der Waals surface area contributed by atoms with Gasteiger partial charge in [0.25, 0.3) is 5.91 Å². The van der Waals surface area contributed by atoms with Crippen LogP contribution in [-0.2, 0) is 0 Å². The number of rotatable bonds is 5. The molecule has 14 heteroatoms. The maximum absolute atomic E-state index is 13.1. The fourth-order valence-electron chi connectivity index (χ4n) is 3.64. The zero-order valence-electron chi connectivity index (χ0n) is 18.7. The van der Waals surface area contributed by atoms with Crippen molar-refractivity contribution in [2.24, 2.45) is 5.73 Å². The number of carbonyl (C=O) groups is 1. The zero-order valence-corrected chi connectivity index (χ0v) is 18.7. The van der Waals surface area contributed by atoms with Crippen LogP contribution in [0.2, 0.25) is 0 Å². The summed E-state index contributed by atoms with van der Waals surface area (Å²) in [4.78, 5) is 31.1. The molecule has 1 fully saturated rings. The summed E-state index contributed by atoms with van der Waals surface area (Å²) in [6.07, 6.45) is -0.286. The van der Waals surface area contributed by atoms with Crippen molar-refractivity contribution in [2.45, 2.75) is 24.7 Å². The molecule has 0 aliphatic carbocycles. The van der Waals surface area contributed by atoms with Crippen LogP contribution in [0.5, 0.6) is 5.75 Å². The minimum Gasteiger partial charge on any atom is -0.403 e. The van der Waals surface area contributed by atoms with Crippen LogP contribution in [0.4, 0.5) is 30.5 Å². The Morgan fingerprint density at radius 2 is 1.86 bits per heavy atom. The topological polar surface area (TPSA) is 169 Å². The SMILES string of the molecule is N#CC1(N)CCN(c2cccnc2NC(=O)c2nc(-c3ncccc3OC(F)(F)F)cnc2N)CC1. The van der Waals surface area contributed by atoms with E-state index in [1.807, 2.05) is 4.90 Å². The summed E-state index contributed by atoms with van der Waals surface area (Å²) in [6.45, 7) is 0.940. The number of aromatic nitrogens is 4. The number of nitrogens with two attached hydrogens (primary N) is 2. The molecule has 0 spiro atoms. The van der Waals surface area contributed by atoms with E-state index in [2.05, 4.69) is 36.1 Å². The molecular formula is C22H20F3N9O2. The molecule has 0 aromatic carbocycles. The molecule has 1 amide bonds. The molecule has 0 bridgehead atoms. The summed E-state index contributed by atoms with van der Waals surface area (Å²) < 4.78 is 42.4. The second kappa shape index (κ2) is 9.62. The van der Waals surface area contributed by atoms with Crippen LogP contribution in [0.3, 0.4) is 0 Å². The van der Waals surface area contributed by atoms with E-state index >= 15 is 0 Å². The first kappa shape index (κ1) is 24.6. The molecule has 0 radical (unpaired) electrons. The van der Waals surface area contributed by atoms with E-state index in [0.29, 0.717) is 31.6 Å². The Bertz CT molecular complexity index is 1320. The number of hydrogen-bond acceptors (Lipinski definition) is 10. The maximum atomic E-state index is 13.1. The normalized spacial score (nSPS) is 15.1. The third-order valence-electron chi connectivity index (χ3n) is 5.49. The van der Waals surface area contributed by atoms with Crippen LogP contribution in [0, 0.1) is 11.3 Å². The summed E-state index contributed by atoms with van der Waals surface area (Å²) >= 11 is 0. The van der Waals surface area contributed by atoms with Gasteiger partial charge < -0.3 is 26.4 Å². The predicted molar refractivity (Wildman–Crippen MR) is 123 cm³/mol. The molecule has 3 aromatic heterocycles. The minimum absolute atomic E-state index is 0.151. The smallest absolute Gasteiger partial charge is 0.403 e. The van der Waals surface area contributed by atoms with E-state index in [-0.39, 0.29) is 28.7 Å². The van der Waals surface area contributed by atoms with Gasteiger partial charge in [0.2, 0.25) is 0 Å². The van der Waals surface area contributed by atoms with Gasteiger partial charge in [0.05, 0.1) is 18.0 Å². The summed E-state index contributed by atoms with van der Waals surface area (Å²) in [7, 11) is 0. The third kappa shape index (κ3) is 5.41. The van der Waals surface area contributed by atoms with Gasteiger partial charge in [-0.2, -0.15) is 5.26 Å². The number of nitriles is 1. The van der Waals surface area contributed by atoms with Crippen molar-refractivity contribution < 1.29 is 22.7 Å². The van der Waals surface area contributed by atoms with E-state index in [0.717, 1.165) is 12.3 Å². The molecular weight excluding hydrogens is 479 g/mol. The molecule has 36 heavy (non-hydrogen) atoms. The van der Waals surface area contributed by atoms with Gasteiger partial charge in [-0.25, -0.2) is 15.0 Å². The number of anilines is 3. The number of amides is 1. The number of ether oxygens (including phenoxy) is 1. The highest BCUT2D eigenvalue weighted by Gasteiger charge is 2.33. The second-order valence-electron chi connectivity index (χ2n) is 7.97. The van der Waals surface area contributed by atoms with Gasteiger partial charge in [0.15, 0.2) is 23.1 Å². The lowest BCUT2D eigenvalue weighted by Crippen LogP contribution is -2.49. The Hall–Kier alpha value is -4.51. The number of halogens is 3. The number of hydrogen-bond donors (Lipinski definition) is 3. The highest BCUT2D eigenvalue weighted by Crippen LogP contribution is 2.32. The number of nitrogens with zero attached hydrogens (tertiary/aromatic N) is 6. The fraction of sp³-hybridized carbons (Fsp3) is 0.273. The third-order valence-corrected chi connectivity index (χ3v) is 5.49. The molecule has 4 rings (SSSR count). The van der Waals surface area contributed by atoms with Gasteiger partial charge in [0, 0.05) is 25.5 Å². The molecule has 11 nitrogen and oxygen atoms in total. The Labute approximate surface area is 202 Å². The largest absolute Gasteiger partial charge is 0.573 e. The average Bonchev–Trinajstić information content (AvgIpc) is 2.85. The average molecular weight is 499 g/mol. The molecule has 0 atom stereocenters. The first-order valence-electron chi connectivity index (χ1n) is 10.6. The molecule has 1 aliphatic heterocycles. The van der Waals surface area contributed by atoms with Crippen LogP contribution in [0.25, 0.3) is 11.4 Å². The van der Waals surface area contributed by atoms with Gasteiger partial charge in [-0.15, -0.1) is 13.2 Å². The lowest BCUT2D eigenvalue weighted by atomic mass is 9.90. The molecule has 186 valence electrons. The first-order chi connectivity index (χ1) is 17.1. The second-order valence-corrected chi connectivity index (χ2v) is 7.97. The molecule has 0 unspecified atom stereocenters. The summed E-state index contributed by atoms with van der Waals surface area (Å²) in [6, 6.07) is 7.89. The van der Waals surface area contributed by atoms with Gasteiger partial charge in [-0.05, 0) is 37.1 Å². The van der Waals surface area contributed by atoms with E-state index in [1.165, 1.54) is 18.5 Å².